The normalized spacial score (nSPS) is 10.1. The molecule has 19 heavy (non-hydrogen) atoms. The number of nitrogens with one attached hydrogen (secondary N) is 2. The van der Waals surface area contributed by atoms with Gasteiger partial charge in [0.1, 0.15) is 11.6 Å². The van der Waals surface area contributed by atoms with E-state index < -0.39 is 17.7 Å². The molecule has 0 heterocycles. The molecular formula is C14H12F2N2O. The lowest BCUT2D eigenvalue weighted by Gasteiger charge is -2.08. The van der Waals surface area contributed by atoms with Gasteiger partial charge in [-0.05, 0) is 36.8 Å². The molecule has 0 fully saturated rings. The van der Waals surface area contributed by atoms with Gasteiger partial charge >= 0.3 is 6.03 Å². The van der Waals surface area contributed by atoms with Gasteiger partial charge in [0, 0.05) is 11.8 Å². The minimum Gasteiger partial charge on any atom is -0.308 e. The van der Waals surface area contributed by atoms with E-state index in [9.17, 15) is 13.6 Å². The maximum Gasteiger partial charge on any atom is 0.323 e. The topological polar surface area (TPSA) is 41.1 Å². The number of carbonyl (C=O) groups is 1. The van der Waals surface area contributed by atoms with Crippen molar-refractivity contribution in [2.24, 2.45) is 0 Å². The Labute approximate surface area is 109 Å². The van der Waals surface area contributed by atoms with Crippen LogP contribution in [0.4, 0.5) is 25.0 Å². The molecule has 0 saturated heterocycles. The highest BCUT2D eigenvalue weighted by Gasteiger charge is 2.07. The van der Waals surface area contributed by atoms with Crippen molar-refractivity contribution in [2.75, 3.05) is 10.6 Å². The van der Waals surface area contributed by atoms with E-state index in [2.05, 4.69) is 10.6 Å². The number of halogens is 2. The number of hydrogen-bond acceptors (Lipinski definition) is 1. The summed E-state index contributed by atoms with van der Waals surface area (Å²) in [5.41, 5.74) is 1.51. The van der Waals surface area contributed by atoms with E-state index >= 15 is 0 Å². The standard InChI is InChI=1S/C14H12F2N2O/c1-9-3-2-4-11(7-9)17-14(19)18-13-6-5-10(15)8-12(13)16/h2-8H,1H3,(H2,17,18,19). The van der Waals surface area contributed by atoms with Gasteiger partial charge in [-0.15, -0.1) is 0 Å². The fourth-order valence-corrected chi connectivity index (χ4v) is 1.60. The van der Waals surface area contributed by atoms with Crippen LogP contribution in [-0.4, -0.2) is 6.03 Å². The molecule has 0 aliphatic heterocycles. The number of amides is 2. The van der Waals surface area contributed by atoms with Gasteiger partial charge in [0.15, 0.2) is 0 Å². The molecule has 5 heteroatoms. The third-order valence-electron chi connectivity index (χ3n) is 2.46. The molecule has 0 radical (unpaired) electrons. The number of benzene rings is 2. The van der Waals surface area contributed by atoms with E-state index in [1.165, 1.54) is 6.07 Å². The van der Waals surface area contributed by atoms with Crippen LogP contribution in [0.3, 0.4) is 0 Å². The number of urea groups is 1. The summed E-state index contributed by atoms with van der Waals surface area (Å²) in [4.78, 5) is 11.6. The number of anilines is 2. The number of aryl methyl sites for hydroxylation is 1. The molecule has 0 spiro atoms. The van der Waals surface area contributed by atoms with Crippen LogP contribution in [0.2, 0.25) is 0 Å². The predicted molar refractivity (Wildman–Crippen MR) is 70.2 cm³/mol. The molecule has 3 nitrogen and oxygen atoms in total. The van der Waals surface area contributed by atoms with Gasteiger partial charge in [0.2, 0.25) is 0 Å². The molecule has 0 unspecified atom stereocenters. The van der Waals surface area contributed by atoms with Crippen molar-refractivity contribution in [3.8, 4) is 0 Å². The van der Waals surface area contributed by atoms with Crippen molar-refractivity contribution in [1.82, 2.24) is 0 Å². The number of rotatable bonds is 2. The molecule has 98 valence electrons. The lowest BCUT2D eigenvalue weighted by atomic mass is 10.2. The summed E-state index contributed by atoms with van der Waals surface area (Å²) in [7, 11) is 0. The van der Waals surface area contributed by atoms with E-state index in [4.69, 9.17) is 0 Å². The van der Waals surface area contributed by atoms with Crippen molar-refractivity contribution in [3.05, 3.63) is 59.7 Å². The first-order valence-corrected chi connectivity index (χ1v) is 5.64. The molecule has 2 aromatic rings. The van der Waals surface area contributed by atoms with Gasteiger partial charge < -0.3 is 10.6 Å². The second-order valence-electron chi connectivity index (χ2n) is 4.07. The van der Waals surface area contributed by atoms with E-state index in [0.29, 0.717) is 11.8 Å². The second kappa shape index (κ2) is 5.48. The molecule has 0 atom stereocenters. The Morgan fingerprint density at radius 3 is 2.53 bits per heavy atom. The third kappa shape index (κ3) is 3.51. The van der Waals surface area contributed by atoms with Crippen LogP contribution in [0, 0.1) is 18.6 Å². The molecule has 0 aromatic heterocycles. The van der Waals surface area contributed by atoms with Gasteiger partial charge in [-0.25, -0.2) is 13.6 Å². The molecule has 0 aliphatic rings. The second-order valence-corrected chi connectivity index (χ2v) is 4.07. The van der Waals surface area contributed by atoms with Crippen molar-refractivity contribution >= 4 is 17.4 Å². The van der Waals surface area contributed by atoms with Crippen LogP contribution in [-0.2, 0) is 0 Å². The molecule has 0 aliphatic carbocycles. The lowest BCUT2D eigenvalue weighted by Crippen LogP contribution is -2.20. The molecule has 0 bridgehead atoms. The summed E-state index contributed by atoms with van der Waals surface area (Å²) in [6.07, 6.45) is 0. The Balaban J connectivity index is 2.05. The smallest absolute Gasteiger partial charge is 0.308 e. The SMILES string of the molecule is Cc1cccc(NC(=O)Nc2ccc(F)cc2F)c1. The number of carbonyl (C=O) groups excluding carboxylic acids is 1. The summed E-state index contributed by atoms with van der Waals surface area (Å²) in [5, 5.41) is 4.88. The molecule has 0 saturated carbocycles. The Hall–Kier alpha value is -2.43. The quantitative estimate of drug-likeness (QED) is 0.846. The first kappa shape index (κ1) is 13.0. The summed E-state index contributed by atoms with van der Waals surface area (Å²) < 4.78 is 26.0. The lowest BCUT2D eigenvalue weighted by molar-refractivity contribution is 0.262. The Kier molecular flexibility index (Phi) is 3.75. The molecular weight excluding hydrogens is 250 g/mol. The minimum absolute atomic E-state index is 0.0773. The average Bonchev–Trinajstić information content (AvgIpc) is 2.33. The van der Waals surface area contributed by atoms with Crippen molar-refractivity contribution in [3.63, 3.8) is 0 Å². The van der Waals surface area contributed by atoms with Crippen LogP contribution in [0.1, 0.15) is 5.56 Å². The fraction of sp³-hybridized carbons (Fsp3) is 0.0714. The van der Waals surface area contributed by atoms with E-state index in [-0.39, 0.29) is 5.69 Å². The van der Waals surface area contributed by atoms with Crippen LogP contribution in [0.25, 0.3) is 0 Å². The van der Waals surface area contributed by atoms with Crippen molar-refractivity contribution < 1.29 is 13.6 Å². The van der Waals surface area contributed by atoms with E-state index in [1.807, 2.05) is 13.0 Å². The van der Waals surface area contributed by atoms with Gasteiger partial charge in [0.05, 0.1) is 5.69 Å². The number of hydrogen-bond donors (Lipinski definition) is 2. The summed E-state index contributed by atoms with van der Waals surface area (Å²) in [5.74, 6) is -1.51. The van der Waals surface area contributed by atoms with Crippen LogP contribution in [0.15, 0.2) is 42.5 Å². The van der Waals surface area contributed by atoms with Gasteiger partial charge in [0.25, 0.3) is 0 Å². The minimum atomic E-state index is -0.820. The first-order valence-electron chi connectivity index (χ1n) is 5.64. The summed E-state index contributed by atoms with van der Waals surface area (Å²) in [6, 6.07) is 9.55. The Bertz CT molecular complexity index is 614. The predicted octanol–water partition coefficient (Wildman–Crippen LogP) is 3.92. The molecule has 2 N–H and O–H groups in total. The highest BCUT2D eigenvalue weighted by molar-refractivity contribution is 5.99. The van der Waals surface area contributed by atoms with Gasteiger partial charge in [-0.2, -0.15) is 0 Å². The third-order valence-corrected chi connectivity index (χ3v) is 2.46. The molecule has 2 amide bonds. The van der Waals surface area contributed by atoms with Crippen LogP contribution in [0.5, 0.6) is 0 Å². The molecule has 2 rings (SSSR count). The zero-order valence-electron chi connectivity index (χ0n) is 10.2. The largest absolute Gasteiger partial charge is 0.323 e. The van der Waals surface area contributed by atoms with Crippen LogP contribution < -0.4 is 10.6 Å². The zero-order valence-corrected chi connectivity index (χ0v) is 10.2. The zero-order chi connectivity index (χ0) is 13.8. The van der Waals surface area contributed by atoms with Crippen molar-refractivity contribution in [1.29, 1.82) is 0 Å². The highest BCUT2D eigenvalue weighted by atomic mass is 19.1. The molecule has 2 aromatic carbocycles. The van der Waals surface area contributed by atoms with Gasteiger partial charge in [-0.1, -0.05) is 12.1 Å². The summed E-state index contributed by atoms with van der Waals surface area (Å²) >= 11 is 0. The van der Waals surface area contributed by atoms with Gasteiger partial charge in [-0.3, -0.25) is 0 Å². The summed E-state index contributed by atoms with van der Waals surface area (Å²) in [6.45, 7) is 1.89. The van der Waals surface area contributed by atoms with E-state index in [1.54, 1.807) is 18.2 Å². The van der Waals surface area contributed by atoms with Crippen LogP contribution >= 0.6 is 0 Å². The maximum absolute atomic E-state index is 13.3. The fourth-order valence-electron chi connectivity index (χ4n) is 1.60. The highest BCUT2D eigenvalue weighted by Crippen LogP contribution is 2.16. The average molecular weight is 262 g/mol. The van der Waals surface area contributed by atoms with Crippen molar-refractivity contribution in [2.45, 2.75) is 6.92 Å². The maximum atomic E-state index is 13.3. The van der Waals surface area contributed by atoms with E-state index in [0.717, 1.165) is 11.6 Å². The Morgan fingerprint density at radius 2 is 1.84 bits per heavy atom. The Morgan fingerprint density at radius 1 is 1.05 bits per heavy atom. The monoisotopic (exact) mass is 262 g/mol. The first-order chi connectivity index (χ1) is 9.04.